The average molecular weight is 262 g/mol. The Labute approximate surface area is 87.0 Å². The van der Waals surface area contributed by atoms with Crippen LogP contribution in [0.1, 0.15) is 17.3 Å². The van der Waals surface area contributed by atoms with E-state index in [0.29, 0.717) is 0 Å². The highest BCUT2D eigenvalue weighted by Gasteiger charge is 2.20. The number of ketones is 1. The van der Waals surface area contributed by atoms with Crippen LogP contribution >= 0.6 is 15.9 Å². The molecule has 0 amide bonds. The number of nitro groups is 1. The van der Waals surface area contributed by atoms with Crippen LogP contribution in [0.3, 0.4) is 0 Å². The lowest BCUT2D eigenvalue weighted by Crippen LogP contribution is -2.01. The largest absolute Gasteiger partial charge is 0.294 e. The van der Waals surface area contributed by atoms with E-state index in [4.69, 9.17) is 0 Å². The summed E-state index contributed by atoms with van der Waals surface area (Å²) in [7, 11) is 0. The Hall–Kier alpha value is -1.30. The summed E-state index contributed by atoms with van der Waals surface area (Å²) in [6.45, 7) is 1.19. The Kier molecular flexibility index (Phi) is 2.95. The van der Waals surface area contributed by atoms with Gasteiger partial charge in [0, 0.05) is 0 Å². The van der Waals surface area contributed by atoms with Gasteiger partial charge in [-0.2, -0.15) is 0 Å². The van der Waals surface area contributed by atoms with E-state index in [1.807, 2.05) is 0 Å². The van der Waals surface area contributed by atoms with Crippen LogP contribution in [0.15, 0.2) is 16.6 Å². The van der Waals surface area contributed by atoms with E-state index in [9.17, 15) is 19.3 Å². The monoisotopic (exact) mass is 261 g/mol. The second-order valence-corrected chi connectivity index (χ2v) is 3.45. The van der Waals surface area contributed by atoms with Crippen LogP contribution in [-0.4, -0.2) is 10.7 Å². The second-order valence-electron chi connectivity index (χ2n) is 2.60. The average Bonchev–Trinajstić information content (AvgIpc) is 2.08. The zero-order valence-corrected chi connectivity index (χ0v) is 8.67. The molecule has 74 valence electrons. The molecule has 0 aromatic heterocycles. The van der Waals surface area contributed by atoms with Crippen LogP contribution in [-0.2, 0) is 0 Å². The van der Waals surface area contributed by atoms with Crippen molar-refractivity contribution in [2.24, 2.45) is 0 Å². The predicted molar refractivity (Wildman–Crippen MR) is 50.8 cm³/mol. The van der Waals surface area contributed by atoms with Gasteiger partial charge < -0.3 is 0 Å². The van der Waals surface area contributed by atoms with Crippen molar-refractivity contribution >= 4 is 27.4 Å². The minimum atomic E-state index is -0.785. The smallest absolute Gasteiger partial charge is 0.283 e. The molecule has 0 N–H and O–H groups in total. The third kappa shape index (κ3) is 1.95. The standard InChI is InChI=1S/C8H5BrFNO3/c1-4(12)5-2-6(9)7(10)3-8(5)11(13)14/h2-3H,1H3. The van der Waals surface area contributed by atoms with E-state index >= 15 is 0 Å². The summed E-state index contributed by atoms with van der Waals surface area (Å²) in [6, 6.07) is 1.83. The van der Waals surface area contributed by atoms with Gasteiger partial charge in [0.1, 0.15) is 5.82 Å². The van der Waals surface area contributed by atoms with Gasteiger partial charge in [0.15, 0.2) is 5.78 Å². The number of carbonyl (C=O) groups excluding carboxylic acids is 1. The number of carbonyl (C=O) groups is 1. The molecule has 0 unspecified atom stereocenters. The maximum atomic E-state index is 12.9. The zero-order chi connectivity index (χ0) is 10.9. The molecule has 0 fully saturated rings. The molecule has 1 aromatic rings. The van der Waals surface area contributed by atoms with Gasteiger partial charge in [-0.1, -0.05) is 0 Å². The van der Waals surface area contributed by atoms with Crippen molar-refractivity contribution in [3.05, 3.63) is 38.1 Å². The molecule has 0 radical (unpaired) electrons. The third-order valence-electron chi connectivity index (χ3n) is 1.61. The highest BCUT2D eigenvalue weighted by atomic mass is 79.9. The lowest BCUT2D eigenvalue weighted by Gasteiger charge is -2.00. The number of benzene rings is 1. The van der Waals surface area contributed by atoms with Gasteiger partial charge in [-0.05, 0) is 28.9 Å². The van der Waals surface area contributed by atoms with Crippen molar-refractivity contribution in [2.75, 3.05) is 0 Å². The first kappa shape index (κ1) is 10.8. The molecule has 0 saturated carbocycles. The van der Waals surface area contributed by atoms with Crippen molar-refractivity contribution < 1.29 is 14.1 Å². The van der Waals surface area contributed by atoms with E-state index in [2.05, 4.69) is 15.9 Å². The van der Waals surface area contributed by atoms with E-state index in [0.717, 1.165) is 12.1 Å². The molecule has 0 spiro atoms. The summed E-state index contributed by atoms with van der Waals surface area (Å²) in [5, 5.41) is 10.5. The molecular formula is C8H5BrFNO3. The first-order valence-electron chi connectivity index (χ1n) is 3.58. The maximum absolute atomic E-state index is 12.9. The quantitative estimate of drug-likeness (QED) is 0.467. The fourth-order valence-electron chi connectivity index (χ4n) is 0.969. The van der Waals surface area contributed by atoms with Crippen molar-refractivity contribution in [3.8, 4) is 0 Å². The van der Waals surface area contributed by atoms with Crippen molar-refractivity contribution in [1.29, 1.82) is 0 Å². The SMILES string of the molecule is CC(=O)c1cc(Br)c(F)cc1[N+](=O)[O-]. The van der Waals surface area contributed by atoms with E-state index in [1.165, 1.54) is 6.92 Å². The lowest BCUT2D eigenvalue weighted by atomic mass is 10.1. The highest BCUT2D eigenvalue weighted by molar-refractivity contribution is 9.10. The first-order valence-corrected chi connectivity index (χ1v) is 4.37. The Morgan fingerprint density at radius 2 is 2.14 bits per heavy atom. The fraction of sp³-hybridized carbons (Fsp3) is 0.125. The van der Waals surface area contributed by atoms with Crippen LogP contribution in [0.25, 0.3) is 0 Å². The van der Waals surface area contributed by atoms with Crippen LogP contribution in [0.4, 0.5) is 10.1 Å². The summed E-state index contributed by atoms with van der Waals surface area (Å²) < 4.78 is 13.0. The topological polar surface area (TPSA) is 60.2 Å². The normalized spacial score (nSPS) is 9.93. The van der Waals surface area contributed by atoms with Gasteiger partial charge >= 0.3 is 0 Å². The minimum Gasteiger partial charge on any atom is -0.294 e. The highest BCUT2D eigenvalue weighted by Crippen LogP contribution is 2.26. The number of Topliss-reactive ketones (excluding diaryl/α,β-unsaturated/α-hetero) is 1. The van der Waals surface area contributed by atoms with Crippen molar-refractivity contribution in [3.63, 3.8) is 0 Å². The Bertz CT molecular complexity index is 380. The molecule has 6 heteroatoms. The number of rotatable bonds is 2. The van der Waals surface area contributed by atoms with E-state index in [-0.39, 0.29) is 10.0 Å². The number of hydrogen-bond donors (Lipinski definition) is 0. The molecule has 4 nitrogen and oxygen atoms in total. The maximum Gasteiger partial charge on any atom is 0.283 e. The summed E-state index contributed by atoms with van der Waals surface area (Å²) in [5.74, 6) is -1.24. The molecule has 0 atom stereocenters. The third-order valence-corrected chi connectivity index (χ3v) is 2.22. The fourth-order valence-corrected chi connectivity index (χ4v) is 1.31. The summed E-state index contributed by atoms with van der Waals surface area (Å²) in [4.78, 5) is 20.7. The molecule has 0 aliphatic rings. The van der Waals surface area contributed by atoms with Gasteiger partial charge in [0.25, 0.3) is 5.69 Å². The molecular weight excluding hydrogens is 257 g/mol. The Balaban J connectivity index is 3.46. The number of nitro benzene ring substituents is 1. The van der Waals surface area contributed by atoms with Gasteiger partial charge in [0.05, 0.1) is 21.0 Å². The molecule has 1 aromatic carbocycles. The summed E-state index contributed by atoms with van der Waals surface area (Å²) in [6.07, 6.45) is 0. The number of hydrogen-bond acceptors (Lipinski definition) is 3. The molecule has 0 bridgehead atoms. The van der Waals surface area contributed by atoms with Crippen molar-refractivity contribution in [2.45, 2.75) is 6.92 Å². The van der Waals surface area contributed by atoms with Crippen LogP contribution in [0.2, 0.25) is 0 Å². The lowest BCUT2D eigenvalue weighted by molar-refractivity contribution is -0.385. The van der Waals surface area contributed by atoms with Gasteiger partial charge in [-0.3, -0.25) is 14.9 Å². The predicted octanol–water partition coefficient (Wildman–Crippen LogP) is 2.70. The van der Waals surface area contributed by atoms with Crippen LogP contribution in [0, 0.1) is 15.9 Å². The zero-order valence-electron chi connectivity index (χ0n) is 7.08. The molecule has 0 aliphatic heterocycles. The summed E-state index contributed by atoms with van der Waals surface area (Å²) in [5.41, 5.74) is -0.624. The molecule has 14 heavy (non-hydrogen) atoms. The Morgan fingerprint density at radius 1 is 1.57 bits per heavy atom. The molecule has 1 rings (SSSR count). The van der Waals surface area contributed by atoms with E-state index in [1.54, 1.807) is 0 Å². The van der Waals surface area contributed by atoms with Gasteiger partial charge in [-0.15, -0.1) is 0 Å². The second kappa shape index (κ2) is 3.83. The van der Waals surface area contributed by atoms with Gasteiger partial charge in [0.2, 0.25) is 0 Å². The first-order chi connectivity index (χ1) is 6.43. The number of halogens is 2. The van der Waals surface area contributed by atoms with Crippen LogP contribution in [0.5, 0.6) is 0 Å². The molecule has 0 heterocycles. The number of nitrogens with zero attached hydrogens (tertiary/aromatic N) is 1. The molecule has 0 aliphatic carbocycles. The van der Waals surface area contributed by atoms with E-state index < -0.39 is 22.2 Å². The Morgan fingerprint density at radius 3 is 2.57 bits per heavy atom. The molecule has 0 saturated heterocycles. The van der Waals surface area contributed by atoms with Crippen molar-refractivity contribution in [1.82, 2.24) is 0 Å². The summed E-state index contributed by atoms with van der Waals surface area (Å²) >= 11 is 2.85. The van der Waals surface area contributed by atoms with Crippen LogP contribution < -0.4 is 0 Å². The van der Waals surface area contributed by atoms with Gasteiger partial charge in [-0.25, -0.2) is 4.39 Å². The minimum absolute atomic E-state index is 0.0355.